The van der Waals surface area contributed by atoms with E-state index in [1.807, 2.05) is 0 Å². The Hall–Kier alpha value is -3.12. The van der Waals surface area contributed by atoms with Crippen LogP contribution in [0.2, 0.25) is 5.02 Å². The zero-order valence-corrected chi connectivity index (χ0v) is 18.9. The molecule has 10 nitrogen and oxygen atoms in total. The summed E-state index contributed by atoms with van der Waals surface area (Å²) in [6, 6.07) is 9.81. The summed E-state index contributed by atoms with van der Waals surface area (Å²) < 4.78 is 11.9. The molecular formula is C20H20ClN5O5S. The lowest BCUT2D eigenvalue weighted by Crippen LogP contribution is -2.76. The van der Waals surface area contributed by atoms with Crippen molar-refractivity contribution in [3.05, 3.63) is 47.0 Å². The molecule has 2 aromatic carbocycles. The summed E-state index contributed by atoms with van der Waals surface area (Å²) in [4.78, 5) is 30.4. The van der Waals surface area contributed by atoms with Crippen LogP contribution in [0.25, 0.3) is 10.2 Å². The molecule has 12 heteroatoms. The first-order chi connectivity index (χ1) is 15.2. The first-order valence-electron chi connectivity index (χ1n) is 9.31. The highest BCUT2D eigenvalue weighted by molar-refractivity contribution is 7.22. The number of aromatic nitrogens is 1. The summed E-state index contributed by atoms with van der Waals surface area (Å²) in [5, 5.41) is 16.8. The van der Waals surface area contributed by atoms with Gasteiger partial charge in [-0.15, -0.1) is 0 Å². The van der Waals surface area contributed by atoms with Gasteiger partial charge in [0.1, 0.15) is 0 Å². The van der Waals surface area contributed by atoms with E-state index >= 15 is 0 Å². The summed E-state index contributed by atoms with van der Waals surface area (Å²) in [5.74, 6) is -5.66. The molecule has 0 fully saturated rings. The smallest absolute Gasteiger partial charge is 0.335 e. The van der Waals surface area contributed by atoms with E-state index in [2.05, 4.69) is 15.6 Å². The second-order valence-electron chi connectivity index (χ2n) is 7.08. The Labute approximate surface area is 191 Å². The highest BCUT2D eigenvalue weighted by Gasteiger charge is 2.64. The van der Waals surface area contributed by atoms with Crippen LogP contribution in [0.3, 0.4) is 0 Å². The number of carboxylic acid groups (broad SMARTS) is 1. The molecule has 32 heavy (non-hydrogen) atoms. The van der Waals surface area contributed by atoms with Crippen molar-refractivity contribution >= 4 is 61.5 Å². The van der Waals surface area contributed by atoms with Crippen LogP contribution < -0.4 is 21.3 Å². The van der Waals surface area contributed by atoms with E-state index in [9.17, 15) is 14.7 Å². The van der Waals surface area contributed by atoms with Crippen LogP contribution in [0.5, 0.6) is 0 Å². The van der Waals surface area contributed by atoms with Crippen molar-refractivity contribution in [3.63, 3.8) is 0 Å². The largest absolute Gasteiger partial charge is 0.478 e. The van der Waals surface area contributed by atoms with Gasteiger partial charge in [-0.3, -0.25) is 4.79 Å². The predicted molar refractivity (Wildman–Crippen MR) is 122 cm³/mol. The normalized spacial score (nSPS) is 17.8. The molecule has 0 bridgehead atoms. The lowest BCUT2D eigenvalue weighted by atomic mass is 10.1. The topological polar surface area (TPSA) is 139 Å². The molecule has 168 valence electrons. The number of halogens is 1. The number of thiazole rings is 1. The molecule has 1 aliphatic rings. The number of aromatic carboxylic acids is 1. The molecule has 1 aliphatic heterocycles. The Morgan fingerprint density at radius 3 is 2.62 bits per heavy atom. The summed E-state index contributed by atoms with van der Waals surface area (Å²) >= 11 is 7.40. The molecule has 5 N–H and O–H groups in total. The van der Waals surface area contributed by atoms with Gasteiger partial charge in [-0.2, -0.15) is 0 Å². The molecule has 2 heterocycles. The predicted octanol–water partition coefficient (Wildman–Crippen LogP) is 2.75. The molecule has 4 rings (SSSR count). The van der Waals surface area contributed by atoms with Gasteiger partial charge in [-0.05, 0) is 36.4 Å². The van der Waals surface area contributed by atoms with Crippen molar-refractivity contribution in [2.75, 3.05) is 36.8 Å². The summed E-state index contributed by atoms with van der Waals surface area (Å²) in [5.41, 5.74) is 7.54. The van der Waals surface area contributed by atoms with E-state index in [0.29, 0.717) is 27.0 Å². The molecule has 3 aromatic rings. The Bertz CT molecular complexity index is 1230. The van der Waals surface area contributed by atoms with Gasteiger partial charge in [0.25, 0.3) is 11.7 Å². The zero-order chi connectivity index (χ0) is 23.3. The highest BCUT2D eigenvalue weighted by atomic mass is 35.5. The molecule has 0 radical (unpaired) electrons. The number of fused-ring (bicyclic) bond motifs is 2. The van der Waals surface area contributed by atoms with E-state index in [1.165, 1.54) is 37.7 Å². The SMILES string of the molecule is COC(OC)(C(N)=O)C1(Nc2nc3ccc(Cl)cc3s2)Nc2cc(C(=O)O)ccc2N1C. The van der Waals surface area contributed by atoms with Gasteiger partial charge in [0.2, 0.25) is 0 Å². The quantitative estimate of drug-likeness (QED) is 0.378. The fraction of sp³-hybridized carbons (Fsp3) is 0.250. The maximum absolute atomic E-state index is 12.7. The molecule has 1 amide bonds. The van der Waals surface area contributed by atoms with Gasteiger partial charge >= 0.3 is 11.8 Å². The van der Waals surface area contributed by atoms with Crippen molar-refractivity contribution in [2.45, 2.75) is 11.6 Å². The van der Waals surface area contributed by atoms with Crippen LogP contribution in [0, 0.1) is 0 Å². The number of anilines is 3. The first kappa shape index (κ1) is 22.1. The minimum atomic E-state index is -2.04. The number of carbonyl (C=O) groups is 2. The number of nitrogens with two attached hydrogens (primary N) is 1. The number of carbonyl (C=O) groups excluding carboxylic acids is 1. The average molecular weight is 478 g/mol. The third-order valence-corrected chi connectivity index (χ3v) is 6.61. The summed E-state index contributed by atoms with van der Waals surface area (Å²) in [6.07, 6.45) is 0. The number of methoxy groups -OCH3 is 2. The second kappa shape index (κ2) is 7.78. The third-order valence-electron chi connectivity index (χ3n) is 5.44. The maximum atomic E-state index is 12.7. The fourth-order valence-electron chi connectivity index (χ4n) is 3.89. The number of ether oxygens (including phenoxy) is 2. The summed E-state index contributed by atoms with van der Waals surface area (Å²) in [7, 11) is 4.26. The fourth-order valence-corrected chi connectivity index (χ4v) is 5.08. The molecule has 0 spiro atoms. The van der Waals surface area contributed by atoms with Gasteiger partial charge in [0.15, 0.2) is 5.13 Å². The second-order valence-corrected chi connectivity index (χ2v) is 8.54. The van der Waals surface area contributed by atoms with Crippen molar-refractivity contribution in [1.29, 1.82) is 0 Å². The number of amides is 1. The van der Waals surface area contributed by atoms with Crippen LogP contribution >= 0.6 is 22.9 Å². The van der Waals surface area contributed by atoms with Gasteiger partial charge in [0.05, 0.1) is 27.2 Å². The molecule has 0 aliphatic carbocycles. The molecular weight excluding hydrogens is 458 g/mol. The molecule has 1 aromatic heterocycles. The van der Waals surface area contributed by atoms with E-state index < -0.39 is 23.5 Å². The Balaban J connectivity index is 1.89. The monoisotopic (exact) mass is 477 g/mol. The molecule has 0 saturated heterocycles. The zero-order valence-electron chi connectivity index (χ0n) is 17.3. The lowest BCUT2D eigenvalue weighted by Gasteiger charge is -2.47. The van der Waals surface area contributed by atoms with Crippen LogP contribution in [0.4, 0.5) is 16.5 Å². The van der Waals surface area contributed by atoms with E-state index in [1.54, 1.807) is 36.2 Å². The van der Waals surface area contributed by atoms with Crippen LogP contribution in [0.15, 0.2) is 36.4 Å². The van der Waals surface area contributed by atoms with E-state index in [-0.39, 0.29) is 5.56 Å². The van der Waals surface area contributed by atoms with Gasteiger partial charge in [-0.1, -0.05) is 22.9 Å². The van der Waals surface area contributed by atoms with Crippen LogP contribution in [0.1, 0.15) is 10.4 Å². The number of benzene rings is 2. The number of nitrogens with zero attached hydrogens (tertiary/aromatic N) is 2. The Morgan fingerprint density at radius 1 is 1.28 bits per heavy atom. The Kier molecular flexibility index (Phi) is 5.37. The first-order valence-corrected chi connectivity index (χ1v) is 10.5. The number of carboxylic acids is 1. The van der Waals surface area contributed by atoms with Crippen molar-refractivity contribution in [3.8, 4) is 0 Å². The van der Waals surface area contributed by atoms with Crippen LogP contribution in [-0.4, -0.2) is 54.8 Å². The van der Waals surface area contributed by atoms with Crippen LogP contribution in [-0.2, 0) is 14.3 Å². The molecule has 1 atom stereocenters. The number of hydrogen-bond donors (Lipinski definition) is 4. The van der Waals surface area contributed by atoms with Crippen molar-refractivity contribution in [1.82, 2.24) is 4.98 Å². The van der Waals surface area contributed by atoms with Gasteiger partial charge in [0, 0.05) is 26.3 Å². The lowest BCUT2D eigenvalue weighted by molar-refractivity contribution is -0.226. The maximum Gasteiger partial charge on any atom is 0.335 e. The summed E-state index contributed by atoms with van der Waals surface area (Å²) in [6.45, 7) is 0. The van der Waals surface area contributed by atoms with E-state index in [4.69, 9.17) is 26.8 Å². The standard InChI is InChI=1S/C20H20ClN5O5S/c1-26-14-7-4-10(16(27)28)8-13(14)24-20(26,19(30-2,31-3)17(22)29)25-18-23-12-6-5-11(21)9-15(12)32-18/h4-9,24H,1-3H3,(H2,22,29)(H,23,25)(H,27,28). The number of primary amides is 1. The number of hydrogen-bond acceptors (Lipinski definition) is 9. The number of rotatable bonds is 7. The van der Waals surface area contributed by atoms with Gasteiger partial charge in [-0.25, -0.2) is 9.78 Å². The minimum absolute atomic E-state index is 0.0644. The average Bonchev–Trinajstić information content (AvgIpc) is 3.27. The Morgan fingerprint density at radius 2 is 2.00 bits per heavy atom. The molecule has 0 saturated carbocycles. The minimum Gasteiger partial charge on any atom is -0.478 e. The molecule has 1 unspecified atom stereocenters. The third kappa shape index (κ3) is 3.13. The van der Waals surface area contributed by atoms with E-state index in [0.717, 1.165) is 4.70 Å². The van der Waals surface area contributed by atoms with Gasteiger partial charge < -0.3 is 35.8 Å². The highest BCUT2D eigenvalue weighted by Crippen LogP contribution is 2.46. The van der Waals surface area contributed by atoms with Crippen molar-refractivity contribution < 1.29 is 24.2 Å². The van der Waals surface area contributed by atoms with Crippen molar-refractivity contribution in [2.24, 2.45) is 5.73 Å². The number of likely N-dealkylation sites (N-methyl/N-ethyl adjacent to an activating group) is 1. The number of nitrogens with one attached hydrogen (secondary N) is 2.